The summed E-state index contributed by atoms with van der Waals surface area (Å²) in [4.78, 5) is 24.6. The van der Waals surface area contributed by atoms with Crippen LogP contribution in [0.5, 0.6) is 11.5 Å². The quantitative estimate of drug-likeness (QED) is 0.0334. The van der Waals surface area contributed by atoms with E-state index in [-0.39, 0.29) is 5.69 Å². The Morgan fingerprint density at radius 1 is 0.531 bits per heavy atom. The number of anilines is 1. The molecular formula is C51H79N7O6. The van der Waals surface area contributed by atoms with Crippen LogP contribution in [0.4, 0.5) is 39.8 Å². The van der Waals surface area contributed by atoms with Crippen molar-refractivity contribution in [2.75, 3.05) is 31.2 Å². The Kier molecular flexibility index (Phi) is 24.6. The number of nitro benzene ring substituents is 2. The molecule has 0 spiro atoms. The number of hydrogen-bond donors (Lipinski definition) is 0. The van der Waals surface area contributed by atoms with Gasteiger partial charge in [-0.05, 0) is 86.1 Å². The summed E-state index contributed by atoms with van der Waals surface area (Å²) < 4.78 is 13.1. The lowest BCUT2D eigenvalue weighted by Gasteiger charge is -2.33. The summed E-state index contributed by atoms with van der Waals surface area (Å²) in [5, 5.41) is 41.8. The largest absolute Gasteiger partial charge is 0.491 e. The fourth-order valence-corrected chi connectivity index (χ4v) is 7.90. The highest BCUT2D eigenvalue weighted by molar-refractivity contribution is 5.68. The fourth-order valence-electron chi connectivity index (χ4n) is 7.90. The van der Waals surface area contributed by atoms with Crippen molar-refractivity contribution in [1.82, 2.24) is 0 Å². The predicted molar refractivity (Wildman–Crippen MR) is 262 cm³/mol. The van der Waals surface area contributed by atoms with Crippen LogP contribution in [-0.2, 0) is 0 Å². The smallest absolute Gasteiger partial charge is 0.303 e. The molecule has 0 bridgehead atoms. The van der Waals surface area contributed by atoms with Crippen LogP contribution in [0.3, 0.4) is 0 Å². The number of benzene rings is 3. The average Bonchev–Trinajstić information content (AvgIpc) is 3.30. The minimum absolute atomic E-state index is 0.123. The van der Waals surface area contributed by atoms with Crippen LogP contribution in [0.2, 0.25) is 0 Å². The summed E-state index contributed by atoms with van der Waals surface area (Å²) in [7, 11) is 0. The van der Waals surface area contributed by atoms with E-state index < -0.39 is 21.2 Å². The van der Waals surface area contributed by atoms with Crippen LogP contribution >= 0.6 is 0 Å². The zero-order valence-electron chi connectivity index (χ0n) is 40.7. The van der Waals surface area contributed by atoms with Gasteiger partial charge >= 0.3 is 5.69 Å². The molecule has 0 aliphatic carbocycles. The highest BCUT2D eigenvalue weighted by Crippen LogP contribution is 2.43. The lowest BCUT2D eigenvalue weighted by atomic mass is 9.95. The molecule has 3 aromatic carbocycles. The first-order valence-corrected chi connectivity index (χ1v) is 24.5. The monoisotopic (exact) mass is 886 g/mol. The van der Waals surface area contributed by atoms with Gasteiger partial charge in [0.2, 0.25) is 0 Å². The second-order valence-electron chi connectivity index (χ2n) is 17.5. The van der Waals surface area contributed by atoms with Crippen molar-refractivity contribution in [3.8, 4) is 11.5 Å². The van der Waals surface area contributed by atoms with Gasteiger partial charge < -0.3 is 14.4 Å². The molecule has 4 atom stereocenters. The van der Waals surface area contributed by atoms with Crippen LogP contribution in [0.15, 0.2) is 69.0 Å². The standard InChI is InChI=1S/C51H79N7O6/c1-10-18-22-39(14-5)34-56(35-40(15-6)23-19-11-2)43-26-28-45(38(9)30-43)52-54-47-32-51(64-37-42(17-8)25-21-13-4)48(33-50(47)63-36-41(16-7)24-20-12-3)55-53-46-29-27-44(57(59)60)31-49(46)58(61)62/h26-33,39-42H,10-25,34-37H2,1-9H3/b54-52+,55-53+. The van der Waals surface area contributed by atoms with Gasteiger partial charge in [-0.15, -0.1) is 15.3 Å². The van der Waals surface area contributed by atoms with Crippen LogP contribution in [0.1, 0.15) is 164 Å². The summed E-state index contributed by atoms with van der Waals surface area (Å²) in [5.41, 5.74) is 2.70. The molecule has 0 radical (unpaired) electrons. The highest BCUT2D eigenvalue weighted by atomic mass is 16.6. The number of rotatable bonds is 33. The Morgan fingerprint density at radius 3 is 1.36 bits per heavy atom. The van der Waals surface area contributed by atoms with Crippen molar-refractivity contribution in [2.45, 2.75) is 165 Å². The van der Waals surface area contributed by atoms with Gasteiger partial charge in [0, 0.05) is 37.0 Å². The van der Waals surface area contributed by atoms with E-state index >= 15 is 0 Å². The Bertz CT molecular complexity index is 1900. The van der Waals surface area contributed by atoms with Crippen molar-refractivity contribution < 1.29 is 19.3 Å². The first-order chi connectivity index (χ1) is 30.9. The summed E-state index contributed by atoms with van der Waals surface area (Å²) in [5.74, 6) is 2.71. The number of nitro groups is 2. The highest BCUT2D eigenvalue weighted by Gasteiger charge is 2.22. The molecule has 0 N–H and O–H groups in total. The topological polar surface area (TPSA) is 157 Å². The zero-order chi connectivity index (χ0) is 46.9. The van der Waals surface area contributed by atoms with E-state index in [2.05, 4.69) is 95.6 Å². The minimum Gasteiger partial charge on any atom is -0.491 e. The van der Waals surface area contributed by atoms with Gasteiger partial charge in [-0.2, -0.15) is 5.11 Å². The molecule has 4 unspecified atom stereocenters. The number of nitrogens with zero attached hydrogens (tertiary/aromatic N) is 7. The Labute approximate surface area is 384 Å². The van der Waals surface area contributed by atoms with Crippen molar-refractivity contribution in [2.24, 2.45) is 44.1 Å². The SMILES string of the molecule is CCCCC(CC)COc1cc(/N=N/c2ccc([N+](=O)[O-])cc2[N+](=O)[O-])c(OCC(CC)CCCC)cc1/N=N/c1ccc(N(CC(CC)CCCC)CC(CC)CCCC)cc1C. The molecule has 0 saturated heterocycles. The summed E-state index contributed by atoms with van der Waals surface area (Å²) >= 11 is 0. The second kappa shape index (κ2) is 29.5. The molecule has 0 amide bonds. The van der Waals surface area contributed by atoms with E-state index in [0.29, 0.717) is 59.8 Å². The third-order valence-electron chi connectivity index (χ3n) is 12.6. The Morgan fingerprint density at radius 2 is 0.953 bits per heavy atom. The van der Waals surface area contributed by atoms with Crippen molar-refractivity contribution >= 4 is 39.8 Å². The predicted octanol–water partition coefficient (Wildman–Crippen LogP) is 17.1. The summed E-state index contributed by atoms with van der Waals surface area (Å²) in [6, 6.07) is 13.3. The average molecular weight is 886 g/mol. The molecule has 0 aliphatic heterocycles. The Balaban J connectivity index is 2.16. The molecule has 0 fully saturated rings. The molecule has 13 heteroatoms. The molecule has 354 valence electrons. The second-order valence-corrected chi connectivity index (χ2v) is 17.5. The van der Waals surface area contributed by atoms with Crippen LogP contribution in [0, 0.1) is 50.8 Å². The number of non-ortho nitro benzene ring substituents is 1. The van der Waals surface area contributed by atoms with Gasteiger partial charge in [-0.25, -0.2) is 0 Å². The molecule has 64 heavy (non-hydrogen) atoms. The third-order valence-corrected chi connectivity index (χ3v) is 12.6. The van der Waals surface area contributed by atoms with E-state index in [0.717, 1.165) is 94.6 Å². The van der Waals surface area contributed by atoms with E-state index in [4.69, 9.17) is 19.7 Å². The van der Waals surface area contributed by atoms with E-state index in [1.807, 2.05) is 0 Å². The molecular weight excluding hydrogens is 807 g/mol. The van der Waals surface area contributed by atoms with E-state index in [1.165, 1.54) is 56.3 Å². The number of aryl methyl sites for hydroxylation is 1. The maximum Gasteiger partial charge on any atom is 0.303 e. The van der Waals surface area contributed by atoms with Crippen LogP contribution in [-0.4, -0.2) is 36.1 Å². The van der Waals surface area contributed by atoms with Gasteiger partial charge in [0.1, 0.15) is 22.9 Å². The lowest BCUT2D eigenvalue weighted by Crippen LogP contribution is -2.34. The molecule has 3 aromatic rings. The maximum atomic E-state index is 12.0. The first kappa shape index (κ1) is 53.4. The van der Waals surface area contributed by atoms with Gasteiger partial charge in [0.25, 0.3) is 5.69 Å². The maximum absolute atomic E-state index is 12.0. The van der Waals surface area contributed by atoms with Gasteiger partial charge in [0.05, 0.1) is 34.8 Å². The number of hydrogen-bond acceptors (Lipinski definition) is 11. The molecule has 0 saturated carbocycles. The minimum atomic E-state index is -0.700. The molecule has 0 heterocycles. The van der Waals surface area contributed by atoms with Crippen molar-refractivity contribution in [1.29, 1.82) is 0 Å². The lowest BCUT2D eigenvalue weighted by molar-refractivity contribution is -0.393. The third kappa shape index (κ3) is 17.6. The first-order valence-electron chi connectivity index (χ1n) is 24.5. The molecule has 0 aliphatic rings. The number of ether oxygens (including phenoxy) is 2. The zero-order valence-corrected chi connectivity index (χ0v) is 40.7. The van der Waals surface area contributed by atoms with Gasteiger partial charge in [0.15, 0.2) is 5.69 Å². The summed E-state index contributed by atoms with van der Waals surface area (Å²) in [6.45, 7) is 22.9. The van der Waals surface area contributed by atoms with Crippen molar-refractivity contribution in [3.05, 3.63) is 74.3 Å². The summed E-state index contributed by atoms with van der Waals surface area (Å²) in [6.07, 6.45) is 18.0. The number of azo groups is 2. The van der Waals surface area contributed by atoms with E-state index in [1.54, 1.807) is 12.1 Å². The molecule has 3 rings (SSSR count). The van der Waals surface area contributed by atoms with Gasteiger partial charge in [-0.3, -0.25) is 20.2 Å². The molecule has 13 nitrogen and oxygen atoms in total. The van der Waals surface area contributed by atoms with Crippen LogP contribution < -0.4 is 14.4 Å². The van der Waals surface area contributed by atoms with E-state index in [9.17, 15) is 20.2 Å². The number of unbranched alkanes of at least 4 members (excludes halogenated alkanes) is 4. The normalized spacial score (nSPS) is 13.6. The van der Waals surface area contributed by atoms with Gasteiger partial charge in [-0.1, -0.05) is 132 Å². The Hall–Kier alpha value is -4.94. The molecule has 0 aromatic heterocycles. The fraction of sp³-hybridized carbons (Fsp3) is 0.647. The van der Waals surface area contributed by atoms with Crippen molar-refractivity contribution in [3.63, 3.8) is 0 Å². The van der Waals surface area contributed by atoms with Crippen LogP contribution in [0.25, 0.3) is 0 Å².